The van der Waals surface area contributed by atoms with Gasteiger partial charge in [-0.1, -0.05) is 12.2 Å². The van der Waals surface area contributed by atoms with Crippen LogP contribution in [0.1, 0.15) is 26.2 Å². The zero-order chi connectivity index (χ0) is 6.24. The lowest BCUT2D eigenvalue weighted by Gasteiger charge is -1.89. The van der Waals surface area contributed by atoms with Crippen molar-refractivity contribution in [1.82, 2.24) is 0 Å². The molecule has 0 aliphatic carbocycles. The lowest BCUT2D eigenvalue weighted by Crippen LogP contribution is -1.96. The van der Waals surface area contributed by atoms with E-state index in [0.717, 1.165) is 13.0 Å². The first-order valence-electron chi connectivity index (χ1n) is 3.23. The summed E-state index contributed by atoms with van der Waals surface area (Å²) >= 11 is 0. The van der Waals surface area contributed by atoms with Crippen LogP contribution in [0.4, 0.5) is 0 Å². The predicted octanol–water partition coefficient (Wildman–Crippen LogP) is 1.69. The Balaban J connectivity index is 2.72. The van der Waals surface area contributed by atoms with Crippen molar-refractivity contribution in [3.63, 3.8) is 0 Å². The fraction of sp³-hybridized carbons (Fsp3) is 0.714. The average molecular weight is 113 g/mol. The lowest BCUT2D eigenvalue weighted by molar-refractivity contribution is 0.758. The Morgan fingerprint density at radius 2 is 2.12 bits per heavy atom. The van der Waals surface area contributed by atoms with Crippen LogP contribution in [0.5, 0.6) is 0 Å². The van der Waals surface area contributed by atoms with Crippen LogP contribution in [0.15, 0.2) is 12.2 Å². The van der Waals surface area contributed by atoms with Gasteiger partial charge in [0.05, 0.1) is 0 Å². The van der Waals surface area contributed by atoms with Crippen LogP contribution < -0.4 is 5.73 Å². The molecule has 0 aliphatic heterocycles. The standard InChI is InChI=1S/C7H15N/c1-2-3-4-5-6-7-8/h2-3H,4-8H2,1H3/b3-2-. The first-order valence-corrected chi connectivity index (χ1v) is 3.23. The number of allylic oxidation sites excluding steroid dienone is 2. The second-order valence-corrected chi connectivity index (χ2v) is 1.85. The fourth-order valence-electron chi connectivity index (χ4n) is 0.573. The minimum absolute atomic E-state index is 0.831. The molecule has 2 N–H and O–H groups in total. The zero-order valence-corrected chi connectivity index (χ0v) is 5.56. The van der Waals surface area contributed by atoms with E-state index in [2.05, 4.69) is 12.2 Å². The van der Waals surface area contributed by atoms with Crippen molar-refractivity contribution in [3.05, 3.63) is 12.2 Å². The maximum atomic E-state index is 5.29. The van der Waals surface area contributed by atoms with Gasteiger partial charge >= 0.3 is 0 Å². The Hall–Kier alpha value is -0.300. The van der Waals surface area contributed by atoms with Crippen LogP contribution in [0, 0.1) is 0 Å². The van der Waals surface area contributed by atoms with Gasteiger partial charge in [0.1, 0.15) is 0 Å². The van der Waals surface area contributed by atoms with Crippen molar-refractivity contribution >= 4 is 0 Å². The highest BCUT2D eigenvalue weighted by atomic mass is 14.5. The van der Waals surface area contributed by atoms with Crippen molar-refractivity contribution in [2.75, 3.05) is 6.54 Å². The highest BCUT2D eigenvalue weighted by Gasteiger charge is 1.78. The summed E-state index contributed by atoms with van der Waals surface area (Å²) in [6, 6.07) is 0. The predicted molar refractivity (Wildman–Crippen MR) is 37.7 cm³/mol. The van der Waals surface area contributed by atoms with Gasteiger partial charge in [0.15, 0.2) is 0 Å². The van der Waals surface area contributed by atoms with E-state index < -0.39 is 0 Å². The molecule has 1 nitrogen and oxygen atoms in total. The maximum Gasteiger partial charge on any atom is -0.00772 e. The van der Waals surface area contributed by atoms with Gasteiger partial charge in [-0.25, -0.2) is 0 Å². The molecular weight excluding hydrogens is 98.1 g/mol. The summed E-state index contributed by atoms with van der Waals surface area (Å²) in [6.45, 7) is 2.88. The van der Waals surface area contributed by atoms with Crippen molar-refractivity contribution in [1.29, 1.82) is 0 Å². The molecule has 0 aromatic heterocycles. The molecule has 8 heavy (non-hydrogen) atoms. The molecule has 0 rings (SSSR count). The number of rotatable bonds is 4. The summed E-state index contributed by atoms with van der Waals surface area (Å²) in [5, 5.41) is 0. The number of hydrogen-bond donors (Lipinski definition) is 1. The molecule has 0 aromatic rings. The Morgan fingerprint density at radius 3 is 2.62 bits per heavy atom. The summed E-state index contributed by atoms with van der Waals surface area (Å²) in [6.07, 6.45) is 7.84. The quantitative estimate of drug-likeness (QED) is 0.435. The van der Waals surface area contributed by atoms with E-state index in [1.54, 1.807) is 0 Å². The molecule has 0 saturated heterocycles. The SMILES string of the molecule is C/C=C\CCCCN. The van der Waals surface area contributed by atoms with Gasteiger partial charge in [0, 0.05) is 0 Å². The van der Waals surface area contributed by atoms with E-state index in [1.807, 2.05) is 6.92 Å². The van der Waals surface area contributed by atoms with Crippen molar-refractivity contribution in [2.24, 2.45) is 5.73 Å². The van der Waals surface area contributed by atoms with Crippen LogP contribution in [0.25, 0.3) is 0 Å². The average Bonchev–Trinajstić information content (AvgIpc) is 1.81. The highest BCUT2D eigenvalue weighted by Crippen LogP contribution is 1.93. The van der Waals surface area contributed by atoms with Gasteiger partial charge in [-0.2, -0.15) is 0 Å². The van der Waals surface area contributed by atoms with Gasteiger partial charge in [-0.05, 0) is 32.7 Å². The van der Waals surface area contributed by atoms with E-state index in [9.17, 15) is 0 Å². The molecule has 0 saturated carbocycles. The summed E-state index contributed by atoms with van der Waals surface area (Å²) < 4.78 is 0. The third-order valence-corrected chi connectivity index (χ3v) is 1.06. The summed E-state index contributed by atoms with van der Waals surface area (Å²) in [5.74, 6) is 0. The largest absolute Gasteiger partial charge is 0.330 e. The Morgan fingerprint density at radius 1 is 1.38 bits per heavy atom. The van der Waals surface area contributed by atoms with E-state index in [0.29, 0.717) is 0 Å². The Bertz CT molecular complexity index is 57.4. The molecule has 48 valence electrons. The number of hydrogen-bond acceptors (Lipinski definition) is 1. The molecule has 0 aromatic carbocycles. The highest BCUT2D eigenvalue weighted by molar-refractivity contribution is 4.76. The van der Waals surface area contributed by atoms with Crippen LogP contribution in [0.2, 0.25) is 0 Å². The van der Waals surface area contributed by atoms with E-state index in [-0.39, 0.29) is 0 Å². The molecule has 0 fully saturated rings. The van der Waals surface area contributed by atoms with E-state index in [1.165, 1.54) is 12.8 Å². The molecule has 0 amide bonds. The number of unbranched alkanes of at least 4 members (excludes halogenated alkanes) is 2. The van der Waals surface area contributed by atoms with Gasteiger partial charge in [0.25, 0.3) is 0 Å². The van der Waals surface area contributed by atoms with E-state index >= 15 is 0 Å². The minimum Gasteiger partial charge on any atom is -0.330 e. The van der Waals surface area contributed by atoms with Gasteiger partial charge < -0.3 is 5.73 Å². The molecule has 0 unspecified atom stereocenters. The molecule has 0 aliphatic rings. The molecule has 1 heteroatoms. The number of nitrogens with two attached hydrogens (primary N) is 1. The topological polar surface area (TPSA) is 26.0 Å². The normalized spacial score (nSPS) is 10.8. The van der Waals surface area contributed by atoms with Crippen LogP contribution >= 0.6 is 0 Å². The first-order chi connectivity index (χ1) is 3.91. The molecule has 0 bridgehead atoms. The summed E-state index contributed by atoms with van der Waals surface area (Å²) in [5.41, 5.74) is 5.29. The molecular formula is C7H15N. The van der Waals surface area contributed by atoms with Gasteiger partial charge in [0.2, 0.25) is 0 Å². The lowest BCUT2D eigenvalue weighted by atomic mass is 10.2. The van der Waals surface area contributed by atoms with Crippen LogP contribution in [-0.4, -0.2) is 6.54 Å². The van der Waals surface area contributed by atoms with Crippen molar-refractivity contribution in [2.45, 2.75) is 26.2 Å². The second-order valence-electron chi connectivity index (χ2n) is 1.85. The Labute approximate surface area is 51.6 Å². The Kier molecular flexibility index (Phi) is 6.45. The van der Waals surface area contributed by atoms with E-state index in [4.69, 9.17) is 5.73 Å². The van der Waals surface area contributed by atoms with Crippen molar-refractivity contribution in [3.8, 4) is 0 Å². The maximum absolute atomic E-state index is 5.29. The third kappa shape index (κ3) is 5.70. The van der Waals surface area contributed by atoms with Gasteiger partial charge in [-0.3, -0.25) is 0 Å². The monoisotopic (exact) mass is 113 g/mol. The molecule has 0 atom stereocenters. The summed E-state index contributed by atoms with van der Waals surface area (Å²) in [7, 11) is 0. The summed E-state index contributed by atoms with van der Waals surface area (Å²) in [4.78, 5) is 0. The zero-order valence-electron chi connectivity index (χ0n) is 5.56. The minimum atomic E-state index is 0.831. The smallest absolute Gasteiger partial charge is 0.00772 e. The van der Waals surface area contributed by atoms with Crippen LogP contribution in [-0.2, 0) is 0 Å². The third-order valence-electron chi connectivity index (χ3n) is 1.06. The van der Waals surface area contributed by atoms with Crippen LogP contribution in [0.3, 0.4) is 0 Å². The molecule has 0 heterocycles. The fourth-order valence-corrected chi connectivity index (χ4v) is 0.573. The first kappa shape index (κ1) is 7.70. The van der Waals surface area contributed by atoms with Gasteiger partial charge in [-0.15, -0.1) is 0 Å². The molecule has 0 radical (unpaired) electrons. The van der Waals surface area contributed by atoms with Crippen molar-refractivity contribution < 1.29 is 0 Å². The molecule has 0 spiro atoms. The second kappa shape index (κ2) is 6.70.